The van der Waals surface area contributed by atoms with Gasteiger partial charge in [0, 0.05) is 41.0 Å². The Morgan fingerprint density at radius 2 is 2.16 bits per heavy atom. The number of aromatic nitrogens is 1. The van der Waals surface area contributed by atoms with Crippen molar-refractivity contribution in [1.29, 1.82) is 0 Å². The van der Waals surface area contributed by atoms with Crippen LogP contribution in [0.25, 0.3) is 0 Å². The molecular weight excluding hydrogens is 332 g/mol. The molecule has 2 rings (SSSR count). The second-order valence-electron chi connectivity index (χ2n) is 5.89. The molecule has 25 heavy (non-hydrogen) atoms. The topological polar surface area (TPSA) is 58.5 Å². The van der Waals surface area contributed by atoms with Crippen molar-refractivity contribution in [3.05, 3.63) is 45.8 Å². The van der Waals surface area contributed by atoms with Crippen molar-refractivity contribution in [2.24, 2.45) is 4.99 Å². The minimum atomic E-state index is 0.312. The number of thiophene rings is 1. The molecule has 0 aliphatic rings. The summed E-state index contributed by atoms with van der Waals surface area (Å²) in [6.07, 6.45) is 2.75. The van der Waals surface area contributed by atoms with Crippen molar-refractivity contribution < 1.29 is 4.74 Å². The molecule has 0 spiro atoms. The fourth-order valence-electron chi connectivity index (χ4n) is 2.45. The number of ether oxygens (including phenoxy) is 1. The highest BCUT2D eigenvalue weighted by atomic mass is 32.1. The predicted octanol–water partition coefficient (Wildman–Crippen LogP) is 3.54. The van der Waals surface area contributed by atoms with Crippen molar-refractivity contribution in [2.45, 2.75) is 46.7 Å². The fourth-order valence-corrected chi connectivity index (χ4v) is 3.47. The third kappa shape index (κ3) is 6.74. The first kappa shape index (κ1) is 19.2. The van der Waals surface area contributed by atoms with E-state index in [-0.39, 0.29) is 0 Å². The summed E-state index contributed by atoms with van der Waals surface area (Å²) in [6, 6.07) is 8.59. The SMILES string of the molecule is CCNC(=NCc1ccnc(OCC)c1)NC(C)Cc1ccc(C)s1. The van der Waals surface area contributed by atoms with Gasteiger partial charge in [-0.25, -0.2) is 9.98 Å². The van der Waals surface area contributed by atoms with Gasteiger partial charge in [0.15, 0.2) is 5.96 Å². The van der Waals surface area contributed by atoms with E-state index in [1.165, 1.54) is 9.75 Å². The maximum absolute atomic E-state index is 5.44. The van der Waals surface area contributed by atoms with Crippen LogP contribution in [0.15, 0.2) is 35.5 Å². The maximum Gasteiger partial charge on any atom is 0.213 e. The van der Waals surface area contributed by atoms with Gasteiger partial charge in [-0.15, -0.1) is 11.3 Å². The summed E-state index contributed by atoms with van der Waals surface area (Å²) in [7, 11) is 0. The van der Waals surface area contributed by atoms with Crippen LogP contribution >= 0.6 is 11.3 Å². The zero-order chi connectivity index (χ0) is 18.1. The van der Waals surface area contributed by atoms with E-state index in [2.05, 4.69) is 53.5 Å². The van der Waals surface area contributed by atoms with Gasteiger partial charge in [0.25, 0.3) is 0 Å². The number of rotatable bonds is 8. The summed E-state index contributed by atoms with van der Waals surface area (Å²) < 4.78 is 5.44. The summed E-state index contributed by atoms with van der Waals surface area (Å²) in [5.41, 5.74) is 1.08. The van der Waals surface area contributed by atoms with E-state index in [0.29, 0.717) is 25.1 Å². The molecule has 2 heterocycles. The number of aliphatic imine (C=N–C) groups is 1. The minimum Gasteiger partial charge on any atom is -0.478 e. The number of hydrogen-bond acceptors (Lipinski definition) is 4. The Labute approximate surface area is 154 Å². The molecule has 6 heteroatoms. The van der Waals surface area contributed by atoms with Crippen molar-refractivity contribution in [3.63, 3.8) is 0 Å². The second-order valence-corrected chi connectivity index (χ2v) is 7.26. The molecule has 0 fully saturated rings. The Balaban J connectivity index is 1.96. The van der Waals surface area contributed by atoms with Crippen molar-refractivity contribution >= 4 is 17.3 Å². The molecule has 1 unspecified atom stereocenters. The van der Waals surface area contributed by atoms with Crippen LogP contribution in [0, 0.1) is 6.92 Å². The minimum absolute atomic E-state index is 0.312. The van der Waals surface area contributed by atoms with Gasteiger partial charge in [0.05, 0.1) is 13.2 Å². The monoisotopic (exact) mass is 360 g/mol. The van der Waals surface area contributed by atoms with Gasteiger partial charge in [-0.2, -0.15) is 0 Å². The third-order valence-electron chi connectivity index (χ3n) is 3.54. The van der Waals surface area contributed by atoms with Crippen molar-refractivity contribution in [2.75, 3.05) is 13.2 Å². The van der Waals surface area contributed by atoms with E-state index < -0.39 is 0 Å². The molecule has 0 radical (unpaired) electrons. The lowest BCUT2D eigenvalue weighted by Gasteiger charge is -2.17. The van der Waals surface area contributed by atoms with Gasteiger partial charge in [0.2, 0.25) is 5.88 Å². The van der Waals surface area contributed by atoms with Crippen LogP contribution in [0.3, 0.4) is 0 Å². The van der Waals surface area contributed by atoms with Gasteiger partial charge < -0.3 is 15.4 Å². The lowest BCUT2D eigenvalue weighted by atomic mass is 10.2. The number of nitrogens with zero attached hydrogens (tertiary/aromatic N) is 2. The Hall–Kier alpha value is -2.08. The molecule has 2 aromatic rings. The zero-order valence-electron chi connectivity index (χ0n) is 15.5. The highest BCUT2D eigenvalue weighted by Gasteiger charge is 2.08. The Bertz CT molecular complexity index is 684. The van der Waals surface area contributed by atoms with Gasteiger partial charge in [-0.3, -0.25) is 0 Å². The summed E-state index contributed by atoms with van der Waals surface area (Å²) in [5, 5.41) is 6.79. The third-order valence-corrected chi connectivity index (χ3v) is 4.56. The van der Waals surface area contributed by atoms with Gasteiger partial charge in [-0.1, -0.05) is 0 Å². The molecule has 0 aliphatic heterocycles. The standard InChI is InChI=1S/C19H28N4OS/c1-5-20-19(23-14(3)11-17-8-7-15(4)25-17)22-13-16-9-10-21-18(12-16)24-6-2/h7-10,12,14H,5-6,11,13H2,1-4H3,(H2,20,22,23). The van der Waals surface area contributed by atoms with Gasteiger partial charge in [-0.05, 0) is 51.5 Å². The van der Waals surface area contributed by atoms with Crippen LogP contribution in [0.5, 0.6) is 5.88 Å². The number of aryl methyl sites for hydroxylation is 1. The van der Waals surface area contributed by atoms with E-state index in [9.17, 15) is 0 Å². The quantitative estimate of drug-likeness (QED) is 0.558. The molecular formula is C19H28N4OS. The molecule has 0 saturated carbocycles. The van der Waals surface area contributed by atoms with Crippen LogP contribution in [0.4, 0.5) is 0 Å². The predicted molar refractivity (Wildman–Crippen MR) is 106 cm³/mol. The first-order chi connectivity index (χ1) is 12.1. The van der Waals surface area contributed by atoms with Crippen LogP contribution in [0.2, 0.25) is 0 Å². The van der Waals surface area contributed by atoms with Crippen LogP contribution in [0.1, 0.15) is 36.1 Å². The number of guanidine groups is 1. The van der Waals surface area contributed by atoms with E-state index in [0.717, 1.165) is 24.5 Å². The average Bonchev–Trinajstić information content (AvgIpc) is 2.98. The van der Waals surface area contributed by atoms with E-state index in [1.807, 2.05) is 30.4 Å². The maximum atomic E-state index is 5.44. The number of hydrogen-bond donors (Lipinski definition) is 2. The number of pyridine rings is 1. The molecule has 2 aromatic heterocycles. The smallest absolute Gasteiger partial charge is 0.213 e. The first-order valence-corrected chi connectivity index (χ1v) is 9.60. The molecule has 136 valence electrons. The summed E-state index contributed by atoms with van der Waals surface area (Å²) >= 11 is 1.85. The van der Waals surface area contributed by atoms with Crippen LogP contribution in [-0.2, 0) is 13.0 Å². The lowest BCUT2D eigenvalue weighted by molar-refractivity contribution is 0.326. The van der Waals surface area contributed by atoms with E-state index >= 15 is 0 Å². The van der Waals surface area contributed by atoms with Crippen LogP contribution < -0.4 is 15.4 Å². The van der Waals surface area contributed by atoms with Crippen molar-refractivity contribution in [1.82, 2.24) is 15.6 Å². The van der Waals surface area contributed by atoms with Crippen molar-refractivity contribution in [3.8, 4) is 5.88 Å². The average molecular weight is 361 g/mol. The largest absolute Gasteiger partial charge is 0.478 e. The highest BCUT2D eigenvalue weighted by molar-refractivity contribution is 7.11. The molecule has 0 saturated heterocycles. The number of nitrogens with one attached hydrogen (secondary N) is 2. The summed E-state index contributed by atoms with van der Waals surface area (Å²) in [5.74, 6) is 1.48. The molecule has 0 aromatic carbocycles. The van der Waals surface area contributed by atoms with E-state index in [4.69, 9.17) is 4.74 Å². The highest BCUT2D eigenvalue weighted by Crippen LogP contribution is 2.16. The van der Waals surface area contributed by atoms with Gasteiger partial charge >= 0.3 is 0 Å². The summed E-state index contributed by atoms with van der Waals surface area (Å²) in [6.45, 7) is 10.4. The Morgan fingerprint density at radius 1 is 1.32 bits per heavy atom. The molecule has 5 nitrogen and oxygen atoms in total. The van der Waals surface area contributed by atoms with Crippen LogP contribution in [-0.4, -0.2) is 30.1 Å². The normalized spacial score (nSPS) is 12.7. The Kier molecular flexibility index (Phi) is 7.73. The molecule has 1 atom stereocenters. The zero-order valence-corrected chi connectivity index (χ0v) is 16.3. The van der Waals surface area contributed by atoms with Gasteiger partial charge in [0.1, 0.15) is 0 Å². The Morgan fingerprint density at radius 3 is 2.84 bits per heavy atom. The first-order valence-electron chi connectivity index (χ1n) is 8.78. The summed E-state index contributed by atoms with van der Waals surface area (Å²) in [4.78, 5) is 11.6. The molecule has 0 aliphatic carbocycles. The fraction of sp³-hybridized carbons (Fsp3) is 0.474. The lowest BCUT2D eigenvalue weighted by Crippen LogP contribution is -2.43. The molecule has 0 bridgehead atoms. The molecule has 0 amide bonds. The second kappa shape index (κ2) is 10.0. The molecule has 2 N–H and O–H groups in total. The van der Waals surface area contributed by atoms with E-state index in [1.54, 1.807) is 6.20 Å².